The minimum Gasteiger partial charge on any atom is -0.370 e. The molecule has 5 rings (SSSR count). The topological polar surface area (TPSA) is 111 Å². The van der Waals surface area contributed by atoms with Crippen molar-refractivity contribution in [2.24, 2.45) is 17.4 Å². The summed E-state index contributed by atoms with van der Waals surface area (Å²) in [5.41, 5.74) is 15.0. The van der Waals surface area contributed by atoms with Gasteiger partial charge in [0, 0.05) is 29.5 Å². The van der Waals surface area contributed by atoms with Gasteiger partial charge in [-0.05, 0) is 60.4 Å². The lowest BCUT2D eigenvalue weighted by atomic mass is 9.74. The van der Waals surface area contributed by atoms with Crippen molar-refractivity contribution < 1.29 is 4.79 Å². The first kappa shape index (κ1) is 18.4. The van der Waals surface area contributed by atoms with Gasteiger partial charge in [0.2, 0.25) is 5.91 Å². The second-order valence-electron chi connectivity index (χ2n) is 8.86. The van der Waals surface area contributed by atoms with Crippen molar-refractivity contribution in [1.29, 1.82) is 0 Å². The molecular formula is C20H27BrN6O. The van der Waals surface area contributed by atoms with Gasteiger partial charge in [0.1, 0.15) is 5.82 Å². The normalized spacial score (nSPS) is 28.3. The van der Waals surface area contributed by atoms with E-state index in [2.05, 4.69) is 26.3 Å². The van der Waals surface area contributed by atoms with Gasteiger partial charge in [0.05, 0.1) is 16.4 Å². The van der Waals surface area contributed by atoms with Crippen LogP contribution in [0.1, 0.15) is 62.6 Å². The highest BCUT2D eigenvalue weighted by Gasteiger charge is 2.51. The molecule has 5 N–H and O–H groups in total. The van der Waals surface area contributed by atoms with Crippen LogP contribution in [0.5, 0.6) is 0 Å². The highest BCUT2D eigenvalue weighted by atomic mass is 79.9. The zero-order valence-electron chi connectivity index (χ0n) is 16.0. The fourth-order valence-corrected chi connectivity index (χ4v) is 6.24. The number of amides is 1. The maximum atomic E-state index is 11.8. The Morgan fingerprint density at radius 3 is 2.82 bits per heavy atom. The lowest BCUT2D eigenvalue weighted by Gasteiger charge is -2.31. The smallest absolute Gasteiger partial charge is 0.217 e. The molecule has 1 unspecified atom stereocenters. The molecule has 7 nitrogen and oxygen atoms in total. The van der Waals surface area contributed by atoms with Gasteiger partial charge in [0.15, 0.2) is 5.65 Å². The molecule has 8 heteroatoms. The molecule has 0 bridgehead atoms. The average Bonchev–Trinajstić information content (AvgIpc) is 3.41. The maximum Gasteiger partial charge on any atom is 0.217 e. The molecule has 1 amide bonds. The van der Waals surface area contributed by atoms with Crippen LogP contribution in [0.4, 0.5) is 5.82 Å². The minimum atomic E-state index is -0.216. The van der Waals surface area contributed by atoms with E-state index in [1.54, 1.807) is 0 Å². The molecule has 0 saturated heterocycles. The van der Waals surface area contributed by atoms with E-state index in [1.807, 2.05) is 10.7 Å². The number of nitrogens with one attached hydrogen (secondary N) is 1. The van der Waals surface area contributed by atoms with E-state index < -0.39 is 0 Å². The van der Waals surface area contributed by atoms with E-state index in [9.17, 15) is 4.79 Å². The number of hydrogen-bond donors (Lipinski definition) is 3. The van der Waals surface area contributed by atoms with Crippen molar-refractivity contribution in [3.63, 3.8) is 0 Å². The van der Waals surface area contributed by atoms with Crippen LogP contribution in [0.2, 0.25) is 0 Å². The van der Waals surface area contributed by atoms with Gasteiger partial charge in [-0.15, -0.1) is 0 Å². The van der Waals surface area contributed by atoms with Crippen molar-refractivity contribution in [3.05, 3.63) is 21.9 Å². The third kappa shape index (κ3) is 2.76. The molecule has 3 aliphatic carbocycles. The number of primary amides is 1. The molecule has 0 aromatic carbocycles. The number of nitrogens with zero attached hydrogens (tertiary/aromatic N) is 3. The van der Waals surface area contributed by atoms with Crippen LogP contribution in [0.25, 0.3) is 5.65 Å². The van der Waals surface area contributed by atoms with E-state index >= 15 is 0 Å². The summed E-state index contributed by atoms with van der Waals surface area (Å²) < 4.78 is 2.81. The maximum absolute atomic E-state index is 11.8. The summed E-state index contributed by atoms with van der Waals surface area (Å²) in [6.45, 7) is 0. The summed E-state index contributed by atoms with van der Waals surface area (Å²) >= 11 is 3.62. The first-order chi connectivity index (χ1) is 13.5. The highest BCUT2D eigenvalue weighted by molar-refractivity contribution is 9.10. The standard InChI is InChI=1S/C20H27BrN6O/c21-15-10-24-27-18(25-13-4-3-12(22)9-13)14-7-11(8-16(23)28)20(5-1-2-6-20)17(14)26-19(15)27/h10-13,25H,1-9,22H2,(H2,23,28)/t11?,12-,13-/m0/s1. The van der Waals surface area contributed by atoms with Crippen molar-refractivity contribution in [1.82, 2.24) is 14.6 Å². The van der Waals surface area contributed by atoms with Gasteiger partial charge in [-0.1, -0.05) is 12.8 Å². The largest absolute Gasteiger partial charge is 0.370 e. The van der Waals surface area contributed by atoms with Crippen LogP contribution < -0.4 is 16.8 Å². The van der Waals surface area contributed by atoms with Crippen molar-refractivity contribution in [2.45, 2.75) is 75.3 Å². The number of rotatable bonds is 4. The van der Waals surface area contributed by atoms with E-state index in [-0.39, 0.29) is 23.3 Å². The van der Waals surface area contributed by atoms with E-state index in [1.165, 1.54) is 18.4 Å². The quantitative estimate of drug-likeness (QED) is 0.667. The molecule has 3 aliphatic rings. The Labute approximate surface area is 172 Å². The van der Waals surface area contributed by atoms with Crippen molar-refractivity contribution in [2.75, 3.05) is 5.32 Å². The lowest BCUT2D eigenvalue weighted by Crippen LogP contribution is -2.32. The first-order valence-electron chi connectivity index (χ1n) is 10.3. The third-order valence-electron chi connectivity index (χ3n) is 7.16. The summed E-state index contributed by atoms with van der Waals surface area (Å²) in [6.07, 6.45) is 10.7. The summed E-state index contributed by atoms with van der Waals surface area (Å²) in [7, 11) is 0. The number of anilines is 1. The van der Waals surface area contributed by atoms with Gasteiger partial charge in [-0.3, -0.25) is 4.79 Å². The molecule has 0 radical (unpaired) electrons. The van der Waals surface area contributed by atoms with E-state index in [0.717, 1.165) is 60.2 Å². The van der Waals surface area contributed by atoms with Crippen molar-refractivity contribution in [3.8, 4) is 0 Å². The van der Waals surface area contributed by atoms with Gasteiger partial charge in [0.25, 0.3) is 0 Å². The molecule has 2 fully saturated rings. The summed E-state index contributed by atoms with van der Waals surface area (Å²) in [5.74, 6) is 1.04. The SMILES string of the molecule is NC(=O)CC1Cc2c(nc3c(Br)cnn3c2N[C@H]2CC[C@H](N)C2)C12CCCC2. The number of aromatic nitrogens is 3. The number of fused-ring (bicyclic) bond motifs is 3. The number of carbonyl (C=O) groups is 1. The zero-order valence-corrected chi connectivity index (χ0v) is 17.5. The predicted octanol–water partition coefficient (Wildman–Crippen LogP) is 2.64. The third-order valence-corrected chi connectivity index (χ3v) is 7.72. The van der Waals surface area contributed by atoms with E-state index in [4.69, 9.17) is 16.5 Å². The number of carbonyl (C=O) groups excluding carboxylic acids is 1. The average molecular weight is 447 g/mol. The Balaban J connectivity index is 1.65. The van der Waals surface area contributed by atoms with Gasteiger partial charge >= 0.3 is 0 Å². The Bertz CT molecular complexity index is 934. The molecule has 1 spiro atoms. The minimum absolute atomic E-state index is 0.0294. The predicted molar refractivity (Wildman–Crippen MR) is 111 cm³/mol. The molecule has 0 aliphatic heterocycles. The molecule has 2 heterocycles. The van der Waals surface area contributed by atoms with Crippen LogP contribution in [-0.2, 0) is 16.6 Å². The molecule has 28 heavy (non-hydrogen) atoms. The van der Waals surface area contributed by atoms with Gasteiger partial charge < -0.3 is 16.8 Å². The second-order valence-corrected chi connectivity index (χ2v) is 9.72. The molecule has 150 valence electrons. The number of halogens is 1. The number of nitrogens with two attached hydrogens (primary N) is 2. The van der Waals surface area contributed by atoms with Crippen LogP contribution in [0.3, 0.4) is 0 Å². The summed E-state index contributed by atoms with van der Waals surface area (Å²) in [4.78, 5) is 16.9. The van der Waals surface area contributed by atoms with Crippen molar-refractivity contribution >= 4 is 33.3 Å². The summed E-state index contributed by atoms with van der Waals surface area (Å²) in [6, 6.07) is 0.610. The zero-order chi connectivity index (χ0) is 19.5. The lowest BCUT2D eigenvalue weighted by molar-refractivity contribution is -0.119. The van der Waals surface area contributed by atoms with Crippen LogP contribution in [0.15, 0.2) is 10.7 Å². The monoisotopic (exact) mass is 446 g/mol. The van der Waals surface area contributed by atoms with Crippen LogP contribution in [0, 0.1) is 5.92 Å². The molecular weight excluding hydrogens is 420 g/mol. The van der Waals surface area contributed by atoms with Crippen LogP contribution >= 0.6 is 15.9 Å². The first-order valence-corrected chi connectivity index (χ1v) is 11.1. The Kier molecular flexibility index (Phi) is 4.39. The molecule has 2 aromatic rings. The number of hydrogen-bond acceptors (Lipinski definition) is 5. The Hall–Kier alpha value is -1.67. The van der Waals surface area contributed by atoms with Gasteiger partial charge in [-0.2, -0.15) is 9.61 Å². The van der Waals surface area contributed by atoms with Gasteiger partial charge in [-0.25, -0.2) is 4.98 Å². The molecule has 2 saturated carbocycles. The molecule has 2 aromatic heterocycles. The highest BCUT2D eigenvalue weighted by Crippen LogP contribution is 2.55. The Morgan fingerprint density at radius 1 is 1.36 bits per heavy atom. The fraction of sp³-hybridized carbons (Fsp3) is 0.650. The summed E-state index contributed by atoms with van der Waals surface area (Å²) in [5, 5.41) is 8.33. The van der Waals surface area contributed by atoms with Crippen LogP contribution in [-0.4, -0.2) is 32.6 Å². The second kappa shape index (κ2) is 6.69. The Morgan fingerprint density at radius 2 is 2.14 bits per heavy atom. The molecule has 3 atom stereocenters. The fourth-order valence-electron chi connectivity index (χ4n) is 5.89. The van der Waals surface area contributed by atoms with E-state index in [0.29, 0.717) is 12.5 Å².